The van der Waals surface area contributed by atoms with Gasteiger partial charge in [0.15, 0.2) is 0 Å². The minimum absolute atomic E-state index is 0.0456. The highest BCUT2D eigenvalue weighted by Crippen LogP contribution is 2.34. The first-order valence-corrected chi connectivity index (χ1v) is 7.07. The van der Waals surface area contributed by atoms with Gasteiger partial charge in [0.25, 0.3) is 0 Å². The molecule has 1 aromatic carbocycles. The van der Waals surface area contributed by atoms with E-state index >= 15 is 0 Å². The largest absolute Gasteiger partial charge is 0.271 e. The highest BCUT2D eigenvalue weighted by molar-refractivity contribution is 9.10. The lowest BCUT2D eigenvalue weighted by Crippen LogP contribution is -2.29. The SMILES string of the molecule is Cc1cccc(C(NN)c2sccc2Br)c1C. The lowest BCUT2D eigenvalue weighted by molar-refractivity contribution is 0.641. The van der Waals surface area contributed by atoms with Crippen LogP contribution in [0.15, 0.2) is 34.1 Å². The van der Waals surface area contributed by atoms with Gasteiger partial charge < -0.3 is 0 Å². The third-order valence-corrected chi connectivity index (χ3v) is 4.97. The molecule has 0 aliphatic heterocycles. The molecule has 1 atom stereocenters. The molecule has 0 radical (unpaired) electrons. The van der Waals surface area contributed by atoms with Crippen LogP contribution >= 0.6 is 27.3 Å². The van der Waals surface area contributed by atoms with Crippen LogP contribution in [0.3, 0.4) is 0 Å². The number of benzene rings is 1. The maximum atomic E-state index is 5.72. The van der Waals surface area contributed by atoms with Crippen LogP contribution in [0.4, 0.5) is 0 Å². The van der Waals surface area contributed by atoms with E-state index in [2.05, 4.69) is 64.8 Å². The van der Waals surface area contributed by atoms with E-state index in [9.17, 15) is 0 Å². The van der Waals surface area contributed by atoms with Crippen LogP contribution in [0.5, 0.6) is 0 Å². The molecule has 0 aliphatic carbocycles. The lowest BCUT2D eigenvalue weighted by atomic mass is 9.97. The summed E-state index contributed by atoms with van der Waals surface area (Å²) in [6, 6.07) is 8.41. The van der Waals surface area contributed by atoms with Gasteiger partial charge in [0.1, 0.15) is 0 Å². The van der Waals surface area contributed by atoms with Crippen molar-refractivity contribution in [2.45, 2.75) is 19.9 Å². The predicted molar refractivity (Wildman–Crippen MR) is 77.1 cm³/mol. The van der Waals surface area contributed by atoms with Crippen LogP contribution in [-0.2, 0) is 0 Å². The Morgan fingerprint density at radius 1 is 1.29 bits per heavy atom. The molecule has 2 nitrogen and oxygen atoms in total. The molecule has 2 aromatic rings. The van der Waals surface area contributed by atoms with Crippen LogP contribution in [0.1, 0.15) is 27.6 Å². The number of aryl methyl sites for hydroxylation is 1. The van der Waals surface area contributed by atoms with Gasteiger partial charge in [-0.3, -0.25) is 5.84 Å². The Kier molecular flexibility index (Phi) is 3.99. The average Bonchev–Trinajstić information content (AvgIpc) is 2.72. The average molecular weight is 311 g/mol. The summed E-state index contributed by atoms with van der Waals surface area (Å²) in [6.45, 7) is 4.26. The van der Waals surface area contributed by atoms with Crippen molar-refractivity contribution < 1.29 is 0 Å². The minimum atomic E-state index is 0.0456. The molecule has 4 heteroatoms. The second kappa shape index (κ2) is 5.31. The van der Waals surface area contributed by atoms with E-state index in [1.54, 1.807) is 11.3 Å². The van der Waals surface area contributed by atoms with Crippen molar-refractivity contribution in [3.05, 3.63) is 55.7 Å². The number of hydrazine groups is 1. The summed E-state index contributed by atoms with van der Waals surface area (Å²) < 4.78 is 1.10. The summed E-state index contributed by atoms with van der Waals surface area (Å²) in [5, 5.41) is 2.06. The van der Waals surface area contributed by atoms with Gasteiger partial charge >= 0.3 is 0 Å². The summed E-state index contributed by atoms with van der Waals surface area (Å²) in [5.41, 5.74) is 6.72. The molecule has 0 aliphatic rings. The second-order valence-corrected chi connectivity index (χ2v) is 5.82. The van der Waals surface area contributed by atoms with Crippen LogP contribution in [0.2, 0.25) is 0 Å². The second-order valence-electron chi connectivity index (χ2n) is 4.02. The number of hydrogen-bond donors (Lipinski definition) is 2. The predicted octanol–water partition coefficient (Wildman–Crippen LogP) is 3.68. The maximum absolute atomic E-state index is 5.72. The molecule has 90 valence electrons. The Labute approximate surface area is 114 Å². The summed E-state index contributed by atoms with van der Waals surface area (Å²) in [5.74, 6) is 5.72. The first kappa shape index (κ1) is 12.8. The molecule has 1 aromatic heterocycles. The van der Waals surface area contributed by atoms with Crippen LogP contribution in [0.25, 0.3) is 0 Å². The summed E-state index contributed by atoms with van der Waals surface area (Å²) in [6.07, 6.45) is 0. The first-order chi connectivity index (χ1) is 8.15. The van der Waals surface area contributed by atoms with E-state index in [1.165, 1.54) is 21.6 Å². The van der Waals surface area contributed by atoms with E-state index in [1.807, 2.05) is 0 Å². The monoisotopic (exact) mass is 310 g/mol. The number of thiophene rings is 1. The Morgan fingerprint density at radius 3 is 2.65 bits per heavy atom. The van der Waals surface area contributed by atoms with Gasteiger partial charge in [0, 0.05) is 9.35 Å². The fourth-order valence-corrected chi connectivity index (χ4v) is 3.58. The van der Waals surface area contributed by atoms with Crippen LogP contribution in [0, 0.1) is 13.8 Å². The Morgan fingerprint density at radius 2 is 2.06 bits per heavy atom. The molecule has 0 spiro atoms. The molecule has 0 fully saturated rings. The smallest absolute Gasteiger partial charge is 0.0816 e. The summed E-state index contributed by atoms with van der Waals surface area (Å²) in [4.78, 5) is 1.21. The number of hydrogen-bond acceptors (Lipinski definition) is 3. The highest BCUT2D eigenvalue weighted by atomic mass is 79.9. The van der Waals surface area contributed by atoms with Gasteiger partial charge in [-0.15, -0.1) is 11.3 Å². The van der Waals surface area contributed by atoms with Crippen molar-refractivity contribution in [1.82, 2.24) is 5.43 Å². The van der Waals surface area contributed by atoms with Crippen molar-refractivity contribution in [3.63, 3.8) is 0 Å². The Bertz CT molecular complexity index is 522. The first-order valence-electron chi connectivity index (χ1n) is 5.40. The van der Waals surface area contributed by atoms with Crippen molar-refractivity contribution in [2.24, 2.45) is 5.84 Å². The molecule has 0 amide bonds. The lowest BCUT2D eigenvalue weighted by Gasteiger charge is -2.19. The van der Waals surface area contributed by atoms with Gasteiger partial charge in [0.2, 0.25) is 0 Å². The fourth-order valence-electron chi connectivity index (χ4n) is 1.90. The Balaban J connectivity index is 2.50. The normalized spacial score (nSPS) is 12.7. The van der Waals surface area contributed by atoms with Crippen LogP contribution < -0.4 is 11.3 Å². The van der Waals surface area contributed by atoms with Crippen LogP contribution in [-0.4, -0.2) is 0 Å². The zero-order chi connectivity index (χ0) is 12.4. The number of rotatable bonds is 3. The molecule has 17 heavy (non-hydrogen) atoms. The number of nitrogens with one attached hydrogen (secondary N) is 1. The molecule has 1 unspecified atom stereocenters. The van der Waals surface area contributed by atoms with Gasteiger partial charge in [-0.2, -0.15) is 0 Å². The van der Waals surface area contributed by atoms with E-state index in [0.717, 1.165) is 4.47 Å². The number of nitrogens with two attached hydrogens (primary N) is 1. The quantitative estimate of drug-likeness (QED) is 0.670. The minimum Gasteiger partial charge on any atom is -0.271 e. The summed E-state index contributed by atoms with van der Waals surface area (Å²) in [7, 11) is 0. The van der Waals surface area contributed by atoms with Crippen molar-refractivity contribution in [1.29, 1.82) is 0 Å². The Hall–Kier alpha value is -0.680. The molecule has 0 saturated heterocycles. The number of halogens is 1. The molecule has 2 rings (SSSR count). The van der Waals surface area contributed by atoms with E-state index in [4.69, 9.17) is 5.84 Å². The zero-order valence-corrected chi connectivity index (χ0v) is 12.2. The third-order valence-electron chi connectivity index (χ3n) is 3.03. The molecule has 0 saturated carbocycles. The topological polar surface area (TPSA) is 38.0 Å². The van der Waals surface area contributed by atoms with Gasteiger partial charge in [-0.25, -0.2) is 5.43 Å². The van der Waals surface area contributed by atoms with E-state index in [-0.39, 0.29) is 6.04 Å². The fraction of sp³-hybridized carbons (Fsp3) is 0.231. The van der Waals surface area contributed by atoms with Gasteiger partial charge in [0.05, 0.1) is 6.04 Å². The molecule has 3 N–H and O–H groups in total. The van der Waals surface area contributed by atoms with E-state index < -0.39 is 0 Å². The maximum Gasteiger partial charge on any atom is 0.0816 e. The van der Waals surface area contributed by atoms with Crippen molar-refractivity contribution in [2.75, 3.05) is 0 Å². The van der Waals surface area contributed by atoms with Crippen molar-refractivity contribution in [3.8, 4) is 0 Å². The van der Waals surface area contributed by atoms with Gasteiger partial charge in [-0.1, -0.05) is 18.2 Å². The molecular formula is C13H15BrN2S. The summed E-state index contributed by atoms with van der Waals surface area (Å²) >= 11 is 5.27. The zero-order valence-electron chi connectivity index (χ0n) is 9.83. The molecule has 1 heterocycles. The molecular weight excluding hydrogens is 296 g/mol. The van der Waals surface area contributed by atoms with Crippen molar-refractivity contribution >= 4 is 27.3 Å². The van der Waals surface area contributed by atoms with E-state index in [0.29, 0.717) is 0 Å². The molecule has 0 bridgehead atoms. The standard InChI is InChI=1S/C13H15BrN2S/c1-8-4-3-5-10(9(8)2)12(16-15)13-11(14)6-7-17-13/h3-7,12,16H,15H2,1-2H3. The van der Waals surface area contributed by atoms with Gasteiger partial charge in [-0.05, 0) is 57.9 Å². The highest BCUT2D eigenvalue weighted by Gasteiger charge is 2.18. The third kappa shape index (κ3) is 2.45.